The van der Waals surface area contributed by atoms with Gasteiger partial charge in [0.15, 0.2) is 5.69 Å². The summed E-state index contributed by atoms with van der Waals surface area (Å²) in [6, 6.07) is 16.2. The van der Waals surface area contributed by atoms with Crippen LogP contribution in [0.15, 0.2) is 60.7 Å². The fourth-order valence-electron chi connectivity index (χ4n) is 2.70. The third-order valence-corrected chi connectivity index (χ3v) is 4.32. The first-order valence-corrected chi connectivity index (χ1v) is 8.29. The molecule has 0 aromatic heterocycles. The van der Waals surface area contributed by atoms with Gasteiger partial charge in [0.2, 0.25) is 0 Å². The van der Waals surface area contributed by atoms with Gasteiger partial charge in [-0.25, -0.2) is 14.0 Å². The number of rotatable bonds is 5. The molecule has 3 rings (SSSR count). The number of ether oxygens (including phenoxy) is 1. The summed E-state index contributed by atoms with van der Waals surface area (Å²) in [5.74, 6) is -1.91. The number of hydrogen-bond acceptors (Lipinski definition) is 2. The van der Waals surface area contributed by atoms with Gasteiger partial charge in [-0.3, -0.25) is 0 Å². The molecule has 0 fully saturated rings. The molecule has 0 aliphatic rings. The van der Waals surface area contributed by atoms with Crippen LogP contribution in [-0.4, -0.2) is 11.1 Å². The highest BCUT2D eigenvalue weighted by Crippen LogP contribution is 2.42. The van der Waals surface area contributed by atoms with Gasteiger partial charge >= 0.3 is 5.97 Å². The molecule has 4 nitrogen and oxygen atoms in total. The van der Waals surface area contributed by atoms with Gasteiger partial charge in [0.1, 0.15) is 18.2 Å². The second-order valence-corrected chi connectivity index (χ2v) is 6.00. The maximum Gasteiger partial charge on any atom is 0.338 e. The van der Waals surface area contributed by atoms with E-state index in [-0.39, 0.29) is 39.8 Å². The standard InChI is InChI=1S/C21H13ClFNO3/c1-24-16-10-11-17(27-12-13-6-3-2-4-7-13)19(21(25)26)18(16)14-8-5-9-15(23)20(14)22/h2-11H,12H2,(H,25,26). The van der Waals surface area contributed by atoms with Crippen LogP contribution in [0.2, 0.25) is 5.02 Å². The fourth-order valence-corrected chi connectivity index (χ4v) is 2.92. The molecule has 1 N–H and O–H groups in total. The third-order valence-electron chi connectivity index (χ3n) is 3.94. The first-order chi connectivity index (χ1) is 13.0. The fraction of sp³-hybridized carbons (Fsp3) is 0.0476. The van der Waals surface area contributed by atoms with Crippen molar-refractivity contribution in [3.8, 4) is 16.9 Å². The lowest BCUT2D eigenvalue weighted by Crippen LogP contribution is -2.06. The average molecular weight is 382 g/mol. The van der Waals surface area contributed by atoms with Crippen molar-refractivity contribution >= 4 is 23.3 Å². The maximum absolute atomic E-state index is 13.9. The molecule has 3 aromatic carbocycles. The molecule has 6 heteroatoms. The first kappa shape index (κ1) is 18.4. The first-order valence-electron chi connectivity index (χ1n) is 7.91. The minimum atomic E-state index is -1.29. The average Bonchev–Trinajstić information content (AvgIpc) is 2.68. The summed E-state index contributed by atoms with van der Waals surface area (Å²) in [5, 5.41) is 9.52. The van der Waals surface area contributed by atoms with Crippen LogP contribution in [-0.2, 0) is 6.61 Å². The van der Waals surface area contributed by atoms with E-state index in [1.54, 1.807) is 0 Å². The predicted octanol–water partition coefficient (Wildman–Crippen LogP) is 5.97. The summed E-state index contributed by atoms with van der Waals surface area (Å²) in [6.45, 7) is 7.50. The molecular formula is C21H13ClFNO3. The Bertz CT molecular complexity index is 1050. The van der Waals surface area contributed by atoms with Gasteiger partial charge in [0.25, 0.3) is 0 Å². The Morgan fingerprint density at radius 3 is 2.52 bits per heavy atom. The van der Waals surface area contributed by atoms with Gasteiger partial charge in [-0.15, -0.1) is 0 Å². The Hall–Kier alpha value is -3.36. The molecule has 0 saturated heterocycles. The minimum absolute atomic E-state index is 0.0348. The van der Waals surface area contributed by atoms with Crippen molar-refractivity contribution in [2.75, 3.05) is 0 Å². The Morgan fingerprint density at radius 2 is 1.85 bits per heavy atom. The van der Waals surface area contributed by atoms with Crippen molar-refractivity contribution < 1.29 is 19.0 Å². The number of carboxylic acids is 1. The molecule has 0 aliphatic carbocycles. The molecule has 0 amide bonds. The number of carboxylic acid groups (broad SMARTS) is 1. The predicted molar refractivity (Wildman–Crippen MR) is 101 cm³/mol. The molecule has 0 saturated carbocycles. The number of halogens is 2. The van der Waals surface area contributed by atoms with Crippen LogP contribution in [0, 0.1) is 12.4 Å². The summed E-state index contributed by atoms with van der Waals surface area (Å²) in [7, 11) is 0. The molecule has 0 heterocycles. The normalized spacial score (nSPS) is 10.3. The quantitative estimate of drug-likeness (QED) is 0.553. The van der Waals surface area contributed by atoms with E-state index in [9.17, 15) is 14.3 Å². The summed E-state index contributed by atoms with van der Waals surface area (Å²) < 4.78 is 19.6. The van der Waals surface area contributed by atoms with E-state index in [4.69, 9.17) is 22.9 Å². The number of carbonyl (C=O) groups is 1. The smallest absolute Gasteiger partial charge is 0.338 e. The van der Waals surface area contributed by atoms with Gasteiger partial charge in [-0.1, -0.05) is 60.1 Å². The van der Waals surface area contributed by atoms with Gasteiger partial charge in [-0.2, -0.15) is 0 Å². The highest BCUT2D eigenvalue weighted by Gasteiger charge is 2.24. The molecular weight excluding hydrogens is 369 g/mol. The summed E-state index contributed by atoms with van der Waals surface area (Å²) >= 11 is 6.05. The van der Waals surface area contributed by atoms with E-state index in [2.05, 4.69) is 4.85 Å². The van der Waals surface area contributed by atoms with Crippen molar-refractivity contribution in [1.29, 1.82) is 0 Å². The van der Waals surface area contributed by atoms with Gasteiger partial charge in [-0.05, 0) is 23.3 Å². The van der Waals surface area contributed by atoms with Crippen LogP contribution in [0.4, 0.5) is 10.1 Å². The number of nitrogens with zero attached hydrogens (tertiary/aromatic N) is 1. The minimum Gasteiger partial charge on any atom is -0.488 e. The topological polar surface area (TPSA) is 50.9 Å². The van der Waals surface area contributed by atoms with Crippen molar-refractivity contribution in [2.24, 2.45) is 0 Å². The number of benzene rings is 3. The number of aromatic carboxylic acids is 1. The van der Waals surface area contributed by atoms with Crippen LogP contribution in [0.3, 0.4) is 0 Å². The lowest BCUT2D eigenvalue weighted by atomic mass is 9.96. The number of hydrogen-bond donors (Lipinski definition) is 1. The summed E-state index contributed by atoms with van der Waals surface area (Å²) in [4.78, 5) is 15.3. The second-order valence-electron chi connectivity index (χ2n) is 5.63. The van der Waals surface area contributed by atoms with E-state index >= 15 is 0 Å². The van der Waals surface area contributed by atoms with Gasteiger partial charge in [0.05, 0.1) is 17.2 Å². The molecule has 0 aliphatic heterocycles. The molecule has 0 bridgehead atoms. The lowest BCUT2D eigenvalue weighted by molar-refractivity contribution is 0.0692. The lowest BCUT2D eigenvalue weighted by Gasteiger charge is -2.16. The highest BCUT2D eigenvalue weighted by molar-refractivity contribution is 6.34. The maximum atomic E-state index is 13.9. The monoisotopic (exact) mass is 381 g/mol. The summed E-state index contributed by atoms with van der Waals surface area (Å²) in [5.41, 5.74) is 0.838. The van der Waals surface area contributed by atoms with Gasteiger partial charge < -0.3 is 9.84 Å². The molecule has 3 aromatic rings. The van der Waals surface area contributed by atoms with E-state index in [0.717, 1.165) is 5.56 Å². The second kappa shape index (κ2) is 7.90. The Labute approximate surface area is 160 Å². The molecule has 0 radical (unpaired) electrons. The van der Waals surface area contributed by atoms with E-state index in [1.165, 1.54) is 30.3 Å². The van der Waals surface area contributed by atoms with E-state index in [0.29, 0.717) is 0 Å². The molecule has 0 spiro atoms. The van der Waals surface area contributed by atoms with Crippen LogP contribution in [0.1, 0.15) is 15.9 Å². The van der Waals surface area contributed by atoms with Crippen LogP contribution < -0.4 is 4.74 Å². The Balaban J connectivity index is 2.15. The van der Waals surface area contributed by atoms with Crippen LogP contribution in [0.5, 0.6) is 5.75 Å². The highest BCUT2D eigenvalue weighted by atomic mass is 35.5. The largest absolute Gasteiger partial charge is 0.488 e. The third kappa shape index (κ3) is 3.76. The van der Waals surface area contributed by atoms with E-state index in [1.807, 2.05) is 30.3 Å². The zero-order valence-corrected chi connectivity index (χ0v) is 14.7. The van der Waals surface area contributed by atoms with Gasteiger partial charge in [0, 0.05) is 5.56 Å². The SMILES string of the molecule is [C-]#[N+]c1ccc(OCc2ccccc2)c(C(=O)O)c1-c1cccc(F)c1Cl. The Kier molecular flexibility index (Phi) is 5.39. The Morgan fingerprint density at radius 1 is 1.11 bits per heavy atom. The molecule has 0 unspecified atom stereocenters. The zero-order chi connectivity index (χ0) is 19.4. The zero-order valence-electron chi connectivity index (χ0n) is 13.9. The van der Waals surface area contributed by atoms with E-state index < -0.39 is 11.8 Å². The van der Waals surface area contributed by atoms with Crippen molar-refractivity contribution in [2.45, 2.75) is 6.61 Å². The molecule has 134 valence electrons. The van der Waals surface area contributed by atoms with Crippen LogP contribution in [0.25, 0.3) is 16.0 Å². The summed E-state index contributed by atoms with van der Waals surface area (Å²) in [6.07, 6.45) is 0. The van der Waals surface area contributed by atoms with Crippen LogP contribution >= 0.6 is 11.6 Å². The van der Waals surface area contributed by atoms with Crippen molar-refractivity contribution in [3.63, 3.8) is 0 Å². The van der Waals surface area contributed by atoms with Crippen molar-refractivity contribution in [1.82, 2.24) is 0 Å². The molecule has 27 heavy (non-hydrogen) atoms. The molecule has 0 atom stereocenters. The van der Waals surface area contributed by atoms with Crippen molar-refractivity contribution in [3.05, 3.63) is 94.0 Å².